The molecule has 0 bridgehead atoms. The first-order valence-corrected chi connectivity index (χ1v) is 7.84. The second kappa shape index (κ2) is 6.42. The number of hydrogen-bond donors (Lipinski definition) is 1. The van der Waals surface area contributed by atoms with Crippen molar-refractivity contribution in [3.8, 4) is 11.1 Å². The Hall–Kier alpha value is -1.64. The molecule has 0 spiro atoms. The fraction of sp³-hybridized carbons (Fsp3) is 0.368. The SMILES string of the molecule is CCc1ccccc1-c1ccccc1CN1CCC(O)C1. The number of aliphatic hydroxyl groups excluding tert-OH is 1. The van der Waals surface area contributed by atoms with Crippen LogP contribution in [0.3, 0.4) is 0 Å². The maximum atomic E-state index is 9.70. The van der Waals surface area contributed by atoms with E-state index in [2.05, 4.69) is 60.4 Å². The Morgan fingerprint density at radius 3 is 2.24 bits per heavy atom. The Kier molecular flexibility index (Phi) is 4.37. The highest BCUT2D eigenvalue weighted by Crippen LogP contribution is 2.29. The molecular weight excluding hydrogens is 258 g/mol. The lowest BCUT2D eigenvalue weighted by atomic mass is 9.94. The predicted molar refractivity (Wildman–Crippen MR) is 87.2 cm³/mol. The van der Waals surface area contributed by atoms with Crippen molar-refractivity contribution >= 4 is 0 Å². The summed E-state index contributed by atoms with van der Waals surface area (Å²) in [4.78, 5) is 2.35. The van der Waals surface area contributed by atoms with Crippen LogP contribution >= 0.6 is 0 Å². The van der Waals surface area contributed by atoms with Crippen molar-refractivity contribution in [2.24, 2.45) is 0 Å². The molecule has 2 aromatic carbocycles. The molecule has 1 aliphatic heterocycles. The monoisotopic (exact) mass is 281 g/mol. The van der Waals surface area contributed by atoms with E-state index in [1.165, 1.54) is 22.3 Å². The molecule has 0 amide bonds. The lowest BCUT2D eigenvalue weighted by Gasteiger charge is -2.19. The van der Waals surface area contributed by atoms with E-state index >= 15 is 0 Å². The third-order valence-electron chi connectivity index (χ3n) is 4.35. The van der Waals surface area contributed by atoms with Crippen LogP contribution in [0.15, 0.2) is 48.5 Å². The van der Waals surface area contributed by atoms with Gasteiger partial charge in [-0.3, -0.25) is 4.90 Å². The first-order valence-electron chi connectivity index (χ1n) is 7.84. The highest BCUT2D eigenvalue weighted by atomic mass is 16.3. The fourth-order valence-corrected chi connectivity index (χ4v) is 3.21. The molecule has 0 aromatic heterocycles. The van der Waals surface area contributed by atoms with Crippen LogP contribution in [-0.2, 0) is 13.0 Å². The molecule has 1 aliphatic rings. The molecule has 3 rings (SSSR count). The summed E-state index contributed by atoms with van der Waals surface area (Å²) >= 11 is 0. The molecule has 0 radical (unpaired) electrons. The number of aryl methyl sites for hydroxylation is 1. The average Bonchev–Trinajstić information content (AvgIpc) is 2.93. The molecule has 1 atom stereocenters. The molecule has 1 N–H and O–H groups in total. The van der Waals surface area contributed by atoms with Crippen LogP contribution in [0.5, 0.6) is 0 Å². The molecule has 21 heavy (non-hydrogen) atoms. The minimum atomic E-state index is -0.153. The van der Waals surface area contributed by atoms with Crippen molar-refractivity contribution in [2.45, 2.75) is 32.4 Å². The number of β-amino-alcohol motifs (C(OH)–C–C–N with tert-alkyl or cyclic N) is 1. The lowest BCUT2D eigenvalue weighted by molar-refractivity contribution is 0.175. The second-order valence-electron chi connectivity index (χ2n) is 5.85. The van der Waals surface area contributed by atoms with E-state index in [4.69, 9.17) is 0 Å². The van der Waals surface area contributed by atoms with Crippen molar-refractivity contribution in [3.63, 3.8) is 0 Å². The minimum absolute atomic E-state index is 0.153. The van der Waals surface area contributed by atoms with Crippen LogP contribution in [-0.4, -0.2) is 29.2 Å². The van der Waals surface area contributed by atoms with Gasteiger partial charge in [-0.2, -0.15) is 0 Å². The maximum Gasteiger partial charge on any atom is 0.0679 e. The molecule has 0 aliphatic carbocycles. The summed E-state index contributed by atoms with van der Waals surface area (Å²) in [6.45, 7) is 4.91. The molecule has 2 nitrogen and oxygen atoms in total. The van der Waals surface area contributed by atoms with Crippen LogP contribution in [0.2, 0.25) is 0 Å². The first-order chi connectivity index (χ1) is 10.3. The van der Waals surface area contributed by atoms with Gasteiger partial charge in [0, 0.05) is 19.6 Å². The van der Waals surface area contributed by atoms with Crippen LogP contribution < -0.4 is 0 Å². The van der Waals surface area contributed by atoms with Gasteiger partial charge in [0.05, 0.1) is 6.10 Å². The van der Waals surface area contributed by atoms with Crippen molar-refractivity contribution in [1.29, 1.82) is 0 Å². The van der Waals surface area contributed by atoms with E-state index in [0.29, 0.717) is 0 Å². The molecule has 110 valence electrons. The molecular formula is C19H23NO. The van der Waals surface area contributed by atoms with Gasteiger partial charge in [-0.25, -0.2) is 0 Å². The van der Waals surface area contributed by atoms with Gasteiger partial charge in [0.25, 0.3) is 0 Å². The van der Waals surface area contributed by atoms with Gasteiger partial charge < -0.3 is 5.11 Å². The topological polar surface area (TPSA) is 23.5 Å². The highest BCUT2D eigenvalue weighted by molar-refractivity contribution is 5.70. The van der Waals surface area contributed by atoms with E-state index in [-0.39, 0.29) is 6.10 Å². The zero-order valence-electron chi connectivity index (χ0n) is 12.6. The fourth-order valence-electron chi connectivity index (χ4n) is 3.21. The highest BCUT2D eigenvalue weighted by Gasteiger charge is 2.21. The standard InChI is InChI=1S/C19H23NO/c1-2-15-7-3-5-9-18(15)19-10-6-4-8-16(19)13-20-12-11-17(21)14-20/h3-10,17,21H,2,11-14H2,1H3. The van der Waals surface area contributed by atoms with Crippen molar-refractivity contribution in [2.75, 3.05) is 13.1 Å². The summed E-state index contributed by atoms with van der Waals surface area (Å²) in [6, 6.07) is 17.3. The van der Waals surface area contributed by atoms with Crippen molar-refractivity contribution in [3.05, 3.63) is 59.7 Å². The minimum Gasteiger partial charge on any atom is -0.392 e. The summed E-state index contributed by atoms with van der Waals surface area (Å²) < 4.78 is 0. The van der Waals surface area contributed by atoms with E-state index in [1.54, 1.807) is 0 Å². The van der Waals surface area contributed by atoms with Crippen LogP contribution in [0.4, 0.5) is 0 Å². The zero-order valence-corrected chi connectivity index (χ0v) is 12.6. The molecule has 0 saturated carbocycles. The normalized spacial score (nSPS) is 19.0. The van der Waals surface area contributed by atoms with Crippen molar-refractivity contribution in [1.82, 2.24) is 4.90 Å². The molecule has 1 unspecified atom stereocenters. The van der Waals surface area contributed by atoms with Crippen LogP contribution in [0, 0.1) is 0 Å². The van der Waals surface area contributed by atoms with Gasteiger partial charge in [0.15, 0.2) is 0 Å². The van der Waals surface area contributed by atoms with Gasteiger partial charge in [0.2, 0.25) is 0 Å². The molecule has 2 heteroatoms. The Morgan fingerprint density at radius 2 is 1.62 bits per heavy atom. The quantitative estimate of drug-likeness (QED) is 0.927. The summed E-state index contributed by atoms with van der Waals surface area (Å²) in [7, 11) is 0. The van der Waals surface area contributed by atoms with Gasteiger partial charge >= 0.3 is 0 Å². The number of likely N-dealkylation sites (tertiary alicyclic amines) is 1. The Bertz CT molecular complexity index is 608. The molecule has 1 fully saturated rings. The number of hydrogen-bond acceptors (Lipinski definition) is 2. The first kappa shape index (κ1) is 14.3. The van der Waals surface area contributed by atoms with Gasteiger partial charge in [-0.1, -0.05) is 55.5 Å². The summed E-state index contributed by atoms with van der Waals surface area (Å²) in [5.41, 5.74) is 5.42. The van der Waals surface area contributed by atoms with E-state index in [0.717, 1.165) is 32.5 Å². The number of nitrogens with zero attached hydrogens (tertiary/aromatic N) is 1. The van der Waals surface area contributed by atoms with E-state index in [9.17, 15) is 5.11 Å². The summed E-state index contributed by atoms with van der Waals surface area (Å²) in [6.07, 6.45) is 1.79. The second-order valence-corrected chi connectivity index (χ2v) is 5.85. The smallest absolute Gasteiger partial charge is 0.0679 e. The molecule has 2 aromatic rings. The molecule has 1 heterocycles. The third-order valence-corrected chi connectivity index (χ3v) is 4.35. The Balaban J connectivity index is 1.92. The average molecular weight is 281 g/mol. The number of benzene rings is 2. The number of rotatable bonds is 4. The zero-order chi connectivity index (χ0) is 14.7. The summed E-state index contributed by atoms with van der Waals surface area (Å²) in [5, 5.41) is 9.70. The lowest BCUT2D eigenvalue weighted by Crippen LogP contribution is -2.21. The van der Waals surface area contributed by atoms with Gasteiger partial charge in [0.1, 0.15) is 0 Å². The maximum absolute atomic E-state index is 9.70. The Labute approximate surface area is 127 Å². The van der Waals surface area contributed by atoms with E-state index < -0.39 is 0 Å². The van der Waals surface area contributed by atoms with Crippen LogP contribution in [0.25, 0.3) is 11.1 Å². The van der Waals surface area contributed by atoms with Crippen LogP contribution in [0.1, 0.15) is 24.5 Å². The van der Waals surface area contributed by atoms with E-state index in [1.807, 2.05) is 0 Å². The van der Waals surface area contributed by atoms with Gasteiger partial charge in [-0.15, -0.1) is 0 Å². The molecule has 1 saturated heterocycles. The largest absolute Gasteiger partial charge is 0.392 e. The Morgan fingerprint density at radius 1 is 1.00 bits per heavy atom. The number of aliphatic hydroxyl groups is 1. The van der Waals surface area contributed by atoms with Gasteiger partial charge in [-0.05, 0) is 35.1 Å². The third kappa shape index (κ3) is 3.17. The predicted octanol–water partition coefficient (Wildman–Crippen LogP) is 3.48. The van der Waals surface area contributed by atoms with Crippen molar-refractivity contribution < 1.29 is 5.11 Å². The summed E-state index contributed by atoms with van der Waals surface area (Å²) in [5.74, 6) is 0.